The van der Waals surface area contributed by atoms with Crippen molar-refractivity contribution >= 4 is 28.3 Å². The van der Waals surface area contributed by atoms with Crippen molar-refractivity contribution in [2.24, 2.45) is 0 Å². The predicted molar refractivity (Wildman–Crippen MR) is 178 cm³/mol. The van der Waals surface area contributed by atoms with E-state index in [4.69, 9.17) is 14.2 Å². The van der Waals surface area contributed by atoms with Gasteiger partial charge in [-0.05, 0) is 51.1 Å². The average Bonchev–Trinajstić information content (AvgIpc) is 3.53. The lowest BCUT2D eigenvalue weighted by molar-refractivity contribution is -0.127. The molecule has 5 aromatic rings. The molecule has 6 rings (SSSR count). The Morgan fingerprint density at radius 3 is 2.57 bits per heavy atom. The number of aromatic nitrogens is 5. The van der Waals surface area contributed by atoms with Gasteiger partial charge in [-0.3, -0.25) is 9.78 Å². The summed E-state index contributed by atoms with van der Waals surface area (Å²) in [5.41, 5.74) is 2.43. The summed E-state index contributed by atoms with van der Waals surface area (Å²) >= 11 is 0. The number of hydrogen-bond donors (Lipinski definition) is 2. The highest BCUT2D eigenvalue weighted by atomic mass is 16.5. The first-order valence-corrected chi connectivity index (χ1v) is 15.3. The molecule has 0 atom stereocenters. The number of rotatable bonds is 10. The first kappa shape index (κ1) is 31.5. The summed E-state index contributed by atoms with van der Waals surface area (Å²) in [5.74, 6) is 2.43. The maximum atomic E-state index is 12.0. The summed E-state index contributed by atoms with van der Waals surface area (Å²) in [5, 5.41) is 19.7. The summed E-state index contributed by atoms with van der Waals surface area (Å²) in [6.07, 6.45) is 7.62. The van der Waals surface area contributed by atoms with E-state index in [1.54, 1.807) is 61.1 Å². The van der Waals surface area contributed by atoms with Crippen molar-refractivity contribution in [1.82, 2.24) is 29.6 Å². The van der Waals surface area contributed by atoms with Gasteiger partial charge in [0.25, 0.3) is 0 Å². The van der Waals surface area contributed by atoms with Crippen LogP contribution in [0.5, 0.6) is 23.1 Å². The maximum Gasteiger partial charge on any atom is 0.245 e. The fourth-order valence-electron chi connectivity index (χ4n) is 5.49. The number of ether oxygens (including phenoxy) is 3. The molecule has 1 fully saturated rings. The van der Waals surface area contributed by atoms with E-state index in [-0.39, 0.29) is 12.0 Å². The summed E-state index contributed by atoms with van der Waals surface area (Å²) in [6.45, 7) is 10.1. The van der Waals surface area contributed by atoms with Crippen molar-refractivity contribution in [1.29, 1.82) is 0 Å². The third-order valence-corrected chi connectivity index (χ3v) is 7.99. The topological polar surface area (TPSA) is 137 Å². The second-order valence-corrected chi connectivity index (χ2v) is 11.8. The van der Waals surface area contributed by atoms with Crippen LogP contribution in [0.2, 0.25) is 0 Å². The molecular weight excluding hydrogens is 598 g/mol. The van der Waals surface area contributed by atoms with Crippen molar-refractivity contribution < 1.29 is 24.1 Å². The summed E-state index contributed by atoms with van der Waals surface area (Å²) in [6, 6.07) is 14.7. The Kier molecular flexibility index (Phi) is 8.77. The van der Waals surface area contributed by atoms with Gasteiger partial charge in [-0.15, -0.1) is 5.10 Å². The molecule has 1 saturated heterocycles. The molecule has 2 N–H and O–H groups in total. The largest absolute Gasteiger partial charge is 0.493 e. The molecule has 242 valence electrons. The number of piperidine rings is 1. The average molecular weight is 636 g/mol. The minimum atomic E-state index is -1.18. The first-order valence-electron chi connectivity index (χ1n) is 15.3. The molecule has 47 heavy (non-hydrogen) atoms. The van der Waals surface area contributed by atoms with Gasteiger partial charge in [0.05, 0.1) is 30.1 Å². The number of methoxy groups -OCH3 is 1. The Balaban J connectivity index is 1.28. The van der Waals surface area contributed by atoms with E-state index >= 15 is 0 Å². The Bertz CT molecular complexity index is 1910. The van der Waals surface area contributed by atoms with Crippen LogP contribution in [0.4, 0.5) is 11.5 Å². The number of carbonyl (C=O) groups excluding carboxylic acids is 1. The van der Waals surface area contributed by atoms with E-state index in [0.717, 1.165) is 11.4 Å². The zero-order valence-corrected chi connectivity index (χ0v) is 26.8. The molecule has 4 heterocycles. The van der Waals surface area contributed by atoms with Gasteiger partial charge in [0.1, 0.15) is 24.0 Å². The minimum Gasteiger partial charge on any atom is -0.493 e. The lowest BCUT2D eigenvalue weighted by atomic mass is 9.96. The Labute approximate surface area is 272 Å². The highest BCUT2D eigenvalue weighted by molar-refractivity contribution is 5.93. The molecule has 0 unspecified atom stereocenters. The van der Waals surface area contributed by atoms with Gasteiger partial charge < -0.3 is 29.5 Å². The number of amides is 1. The van der Waals surface area contributed by atoms with Crippen LogP contribution in [0, 0.1) is 6.92 Å². The number of anilines is 2. The second kappa shape index (κ2) is 13.1. The Morgan fingerprint density at radius 1 is 1.06 bits per heavy atom. The van der Waals surface area contributed by atoms with Crippen LogP contribution in [0.3, 0.4) is 0 Å². The number of nitrogens with one attached hydrogen (secondary N) is 1. The van der Waals surface area contributed by atoms with Crippen LogP contribution in [0.25, 0.3) is 16.6 Å². The Morgan fingerprint density at radius 2 is 1.87 bits per heavy atom. The molecular formula is C35H37N7O5. The number of nitrogens with zero attached hydrogens (tertiary/aromatic N) is 6. The van der Waals surface area contributed by atoms with Crippen LogP contribution < -0.4 is 19.5 Å². The van der Waals surface area contributed by atoms with Crippen LogP contribution in [0.1, 0.15) is 37.9 Å². The number of pyridine rings is 1. The first-order chi connectivity index (χ1) is 22.6. The fourth-order valence-corrected chi connectivity index (χ4v) is 5.49. The summed E-state index contributed by atoms with van der Waals surface area (Å²) in [4.78, 5) is 27.1. The molecule has 12 nitrogen and oxygen atoms in total. The van der Waals surface area contributed by atoms with Crippen molar-refractivity contribution in [3.05, 3.63) is 91.2 Å². The monoisotopic (exact) mass is 635 g/mol. The number of carbonyl (C=O) groups is 1. The van der Waals surface area contributed by atoms with Gasteiger partial charge in [-0.25, -0.2) is 14.6 Å². The minimum absolute atomic E-state index is 0.0750. The molecule has 3 aromatic heterocycles. The van der Waals surface area contributed by atoms with Gasteiger partial charge in [-0.2, -0.15) is 0 Å². The number of fused-ring (bicyclic) bond motifs is 1. The number of aryl methyl sites for hydroxylation is 1. The highest BCUT2D eigenvalue weighted by Gasteiger charge is 2.25. The maximum absolute atomic E-state index is 12.0. The molecule has 0 bridgehead atoms. The SMILES string of the molecule is C=CC(=O)N1CCC(Oc2cc3c(Nc4cc(Oc5ccn(-c6ccc(C)nc6)n5)ccc4C(C)(C)O)ncnc3cc2OC)CC1. The van der Waals surface area contributed by atoms with Crippen molar-refractivity contribution in [3.8, 4) is 28.8 Å². The lowest BCUT2D eigenvalue weighted by Crippen LogP contribution is -2.41. The smallest absolute Gasteiger partial charge is 0.245 e. The van der Waals surface area contributed by atoms with Gasteiger partial charge in [0.15, 0.2) is 11.5 Å². The quantitative estimate of drug-likeness (QED) is 0.180. The molecule has 12 heteroatoms. The van der Waals surface area contributed by atoms with Crippen LogP contribution in [-0.2, 0) is 10.4 Å². The fraction of sp³-hybridized carbons (Fsp3) is 0.286. The van der Waals surface area contributed by atoms with Crippen molar-refractivity contribution in [2.45, 2.75) is 45.3 Å². The highest BCUT2D eigenvalue weighted by Crippen LogP contribution is 2.39. The summed E-state index contributed by atoms with van der Waals surface area (Å²) < 4.78 is 19.9. The number of benzene rings is 2. The molecule has 0 radical (unpaired) electrons. The molecule has 0 spiro atoms. The zero-order chi connectivity index (χ0) is 33.1. The molecule has 0 aliphatic carbocycles. The van der Waals surface area contributed by atoms with E-state index in [1.165, 1.54) is 12.4 Å². The Hall–Kier alpha value is -5.49. The van der Waals surface area contributed by atoms with Crippen molar-refractivity contribution in [2.75, 3.05) is 25.5 Å². The molecule has 1 amide bonds. The standard InChI is InChI=1S/C35H37N7O5/c1-6-33(43)41-14-11-24(12-15-41)46-31-18-26-28(19-30(31)45-5)37-21-38-34(26)39-29-17-25(9-10-27(29)35(3,4)44)47-32-13-16-42(40-32)23-8-7-22(2)36-20-23/h6-10,13,16-21,24,44H,1,11-12,14-15H2,2-5H3,(H,37,38,39). The van der Waals surface area contributed by atoms with Crippen LogP contribution in [0.15, 0.2) is 79.9 Å². The molecule has 1 aliphatic rings. The van der Waals surface area contributed by atoms with Crippen LogP contribution >= 0.6 is 0 Å². The van der Waals surface area contributed by atoms with E-state index in [0.29, 0.717) is 77.0 Å². The van der Waals surface area contributed by atoms with Gasteiger partial charge in [-0.1, -0.05) is 12.6 Å². The normalized spacial score (nSPS) is 13.8. The van der Waals surface area contributed by atoms with Gasteiger partial charge in [0.2, 0.25) is 11.8 Å². The summed E-state index contributed by atoms with van der Waals surface area (Å²) in [7, 11) is 1.58. The van der Waals surface area contributed by atoms with Gasteiger partial charge in [0, 0.05) is 72.7 Å². The third-order valence-electron chi connectivity index (χ3n) is 7.99. The second-order valence-electron chi connectivity index (χ2n) is 11.8. The van der Waals surface area contributed by atoms with E-state index in [1.807, 2.05) is 37.3 Å². The van der Waals surface area contributed by atoms with Crippen molar-refractivity contribution in [3.63, 3.8) is 0 Å². The van der Waals surface area contributed by atoms with E-state index < -0.39 is 5.60 Å². The predicted octanol–water partition coefficient (Wildman–Crippen LogP) is 5.85. The van der Waals surface area contributed by atoms with E-state index in [2.05, 4.69) is 31.9 Å². The zero-order valence-electron chi connectivity index (χ0n) is 26.8. The number of hydrogen-bond acceptors (Lipinski definition) is 10. The molecule has 2 aromatic carbocycles. The van der Waals surface area contributed by atoms with Crippen LogP contribution in [-0.4, -0.2) is 66.9 Å². The third kappa shape index (κ3) is 7.02. The number of aliphatic hydroxyl groups is 1. The number of likely N-dealkylation sites (tertiary alicyclic amines) is 1. The molecule has 0 saturated carbocycles. The van der Waals surface area contributed by atoms with E-state index in [9.17, 15) is 9.90 Å². The van der Waals surface area contributed by atoms with Gasteiger partial charge >= 0.3 is 0 Å². The molecule has 1 aliphatic heterocycles. The lowest BCUT2D eigenvalue weighted by Gasteiger charge is -2.31.